The molecule has 0 bridgehead atoms. The maximum Gasteiger partial charge on any atom is 0.404 e. The van der Waals surface area contributed by atoms with Gasteiger partial charge >= 0.3 is 6.09 Å². The quantitative estimate of drug-likeness (QED) is 0.774. The number of amides is 1. The first kappa shape index (κ1) is 16.8. The lowest BCUT2D eigenvalue weighted by atomic mass is 10.2. The molecule has 0 saturated heterocycles. The smallest absolute Gasteiger partial charge is 0.404 e. The molecule has 0 aliphatic carbocycles. The van der Waals surface area contributed by atoms with Crippen LogP contribution in [0.1, 0.15) is 25.7 Å². The van der Waals surface area contributed by atoms with Crippen molar-refractivity contribution in [1.82, 2.24) is 10.3 Å². The summed E-state index contributed by atoms with van der Waals surface area (Å²) in [6.45, 7) is 1.92. The van der Waals surface area contributed by atoms with E-state index < -0.39 is 6.09 Å². The molecule has 124 valence electrons. The third kappa shape index (κ3) is 4.98. The number of oxazole rings is 1. The number of nitrogens with zero attached hydrogens (tertiary/aromatic N) is 1. The number of rotatable bonds is 8. The molecule has 0 radical (unpaired) electrons. The van der Waals surface area contributed by atoms with Crippen LogP contribution < -0.4 is 10.1 Å². The number of carbonyl (C=O) groups is 1. The molecule has 0 spiro atoms. The molecule has 2 N–H and O–H groups in total. The van der Waals surface area contributed by atoms with Crippen molar-refractivity contribution in [2.24, 2.45) is 0 Å². The second kappa shape index (κ2) is 8.17. The van der Waals surface area contributed by atoms with Gasteiger partial charge < -0.3 is 19.6 Å². The minimum absolute atomic E-state index is 0.0564. The van der Waals surface area contributed by atoms with Crippen molar-refractivity contribution < 1.29 is 23.4 Å². The molecule has 0 atom stereocenters. The Kier molecular flexibility index (Phi) is 5.96. The normalized spacial score (nSPS) is 11.7. The van der Waals surface area contributed by atoms with Crippen LogP contribution in [0.2, 0.25) is 0 Å². The van der Waals surface area contributed by atoms with Crippen LogP contribution in [0.25, 0.3) is 11.1 Å². The highest BCUT2D eigenvalue weighted by atomic mass is 19.1. The Morgan fingerprint density at radius 3 is 3.04 bits per heavy atom. The first-order chi connectivity index (χ1) is 11.1. The van der Waals surface area contributed by atoms with Gasteiger partial charge in [-0.05, 0) is 18.6 Å². The first-order valence-electron chi connectivity index (χ1n) is 7.39. The van der Waals surface area contributed by atoms with Crippen molar-refractivity contribution in [2.75, 3.05) is 13.2 Å². The molecular weight excluding hydrogens is 303 g/mol. The van der Waals surface area contributed by atoms with Crippen LogP contribution in [0.5, 0.6) is 5.75 Å². The summed E-state index contributed by atoms with van der Waals surface area (Å²) >= 11 is 0. The SMILES string of the molecule is CCCCc1nc2ccc(OC/C(=C/F)CNC(=O)O)cc2o1. The Labute approximate surface area is 133 Å². The monoisotopic (exact) mass is 322 g/mol. The van der Waals surface area contributed by atoms with Crippen LogP contribution >= 0.6 is 0 Å². The minimum atomic E-state index is -1.22. The van der Waals surface area contributed by atoms with Gasteiger partial charge in [-0.3, -0.25) is 0 Å². The third-order valence-electron chi connectivity index (χ3n) is 3.19. The lowest BCUT2D eigenvalue weighted by Gasteiger charge is -2.08. The highest BCUT2D eigenvalue weighted by molar-refractivity contribution is 5.74. The van der Waals surface area contributed by atoms with Crippen molar-refractivity contribution in [3.05, 3.63) is 36.0 Å². The molecule has 1 aromatic carbocycles. The maximum absolute atomic E-state index is 12.7. The van der Waals surface area contributed by atoms with Gasteiger partial charge in [-0.2, -0.15) is 0 Å². The molecule has 23 heavy (non-hydrogen) atoms. The Hall–Kier alpha value is -2.57. The standard InChI is InChI=1S/C16H19FN2O4/c1-2-3-4-15-19-13-6-5-12(7-14(13)23-15)22-10-11(8-17)9-18-16(20)21/h5-8,18H,2-4,9-10H2,1H3,(H,20,21)/b11-8+. The van der Waals surface area contributed by atoms with Gasteiger partial charge in [-0.25, -0.2) is 14.2 Å². The van der Waals surface area contributed by atoms with Gasteiger partial charge in [0.15, 0.2) is 11.5 Å². The molecule has 6 nitrogen and oxygen atoms in total. The highest BCUT2D eigenvalue weighted by Crippen LogP contribution is 2.22. The van der Waals surface area contributed by atoms with Crippen molar-refractivity contribution in [1.29, 1.82) is 0 Å². The molecule has 0 unspecified atom stereocenters. The number of benzene rings is 1. The van der Waals surface area contributed by atoms with Crippen molar-refractivity contribution >= 4 is 17.2 Å². The lowest BCUT2D eigenvalue weighted by Crippen LogP contribution is -2.25. The number of halogens is 1. The van der Waals surface area contributed by atoms with Gasteiger partial charge in [-0.15, -0.1) is 0 Å². The van der Waals surface area contributed by atoms with E-state index in [1.165, 1.54) is 0 Å². The summed E-state index contributed by atoms with van der Waals surface area (Å²) in [5.74, 6) is 1.19. The van der Waals surface area contributed by atoms with E-state index in [-0.39, 0.29) is 18.7 Å². The van der Waals surface area contributed by atoms with E-state index in [9.17, 15) is 9.18 Å². The number of hydrogen-bond donors (Lipinski definition) is 2. The van der Waals surface area contributed by atoms with Crippen LogP contribution in [-0.4, -0.2) is 29.3 Å². The number of unbranched alkanes of at least 4 members (excludes halogenated alkanes) is 1. The molecule has 1 aromatic heterocycles. The number of hydrogen-bond acceptors (Lipinski definition) is 4. The number of carboxylic acid groups (broad SMARTS) is 1. The van der Waals surface area contributed by atoms with Crippen LogP contribution in [0, 0.1) is 0 Å². The second-order valence-corrected chi connectivity index (χ2v) is 5.06. The highest BCUT2D eigenvalue weighted by Gasteiger charge is 2.08. The Balaban J connectivity index is 1.98. The number of ether oxygens (including phenoxy) is 1. The molecule has 0 aliphatic rings. The van der Waals surface area contributed by atoms with Gasteiger partial charge in [0, 0.05) is 24.6 Å². The van der Waals surface area contributed by atoms with E-state index in [0.29, 0.717) is 23.6 Å². The molecule has 2 rings (SSSR count). The minimum Gasteiger partial charge on any atom is -0.489 e. The zero-order valence-electron chi connectivity index (χ0n) is 12.8. The fourth-order valence-electron chi connectivity index (χ4n) is 1.96. The maximum atomic E-state index is 12.7. The zero-order valence-corrected chi connectivity index (χ0v) is 12.8. The molecule has 0 saturated carbocycles. The predicted octanol–water partition coefficient (Wildman–Crippen LogP) is 3.67. The van der Waals surface area contributed by atoms with Crippen molar-refractivity contribution in [2.45, 2.75) is 26.2 Å². The third-order valence-corrected chi connectivity index (χ3v) is 3.19. The summed E-state index contributed by atoms with van der Waals surface area (Å²) in [6.07, 6.45) is 1.99. The lowest BCUT2D eigenvalue weighted by molar-refractivity contribution is 0.195. The molecule has 1 heterocycles. The summed E-state index contributed by atoms with van der Waals surface area (Å²) in [5.41, 5.74) is 1.55. The number of fused-ring (bicyclic) bond motifs is 1. The van der Waals surface area contributed by atoms with Crippen LogP contribution in [-0.2, 0) is 6.42 Å². The first-order valence-corrected chi connectivity index (χ1v) is 7.39. The Bertz CT molecular complexity index is 696. The van der Waals surface area contributed by atoms with E-state index >= 15 is 0 Å². The Morgan fingerprint density at radius 1 is 1.52 bits per heavy atom. The number of aromatic nitrogens is 1. The summed E-state index contributed by atoms with van der Waals surface area (Å²) < 4.78 is 23.8. The van der Waals surface area contributed by atoms with Gasteiger partial charge in [0.1, 0.15) is 17.9 Å². The van der Waals surface area contributed by atoms with E-state index in [1.807, 2.05) is 0 Å². The number of nitrogens with one attached hydrogen (secondary N) is 1. The largest absolute Gasteiger partial charge is 0.489 e. The summed E-state index contributed by atoms with van der Waals surface area (Å²) in [6, 6.07) is 5.19. The summed E-state index contributed by atoms with van der Waals surface area (Å²) in [5, 5.41) is 10.6. The van der Waals surface area contributed by atoms with Crippen molar-refractivity contribution in [3.63, 3.8) is 0 Å². The van der Waals surface area contributed by atoms with Gasteiger partial charge in [0.2, 0.25) is 0 Å². The van der Waals surface area contributed by atoms with E-state index in [0.717, 1.165) is 24.8 Å². The van der Waals surface area contributed by atoms with E-state index in [4.69, 9.17) is 14.3 Å². The molecular formula is C16H19FN2O4. The molecule has 2 aromatic rings. The zero-order chi connectivity index (χ0) is 16.7. The van der Waals surface area contributed by atoms with E-state index in [1.54, 1.807) is 18.2 Å². The van der Waals surface area contributed by atoms with Crippen LogP contribution in [0.4, 0.5) is 9.18 Å². The molecule has 7 heteroatoms. The van der Waals surface area contributed by atoms with Gasteiger partial charge in [0.25, 0.3) is 0 Å². The topological polar surface area (TPSA) is 84.6 Å². The van der Waals surface area contributed by atoms with Crippen LogP contribution in [0.3, 0.4) is 0 Å². The second-order valence-electron chi connectivity index (χ2n) is 5.06. The fourth-order valence-corrected chi connectivity index (χ4v) is 1.96. The van der Waals surface area contributed by atoms with Crippen LogP contribution in [0.15, 0.2) is 34.5 Å². The Morgan fingerprint density at radius 2 is 2.35 bits per heavy atom. The van der Waals surface area contributed by atoms with Crippen molar-refractivity contribution in [3.8, 4) is 5.75 Å². The molecule has 0 fully saturated rings. The average Bonchev–Trinajstić information content (AvgIpc) is 2.94. The summed E-state index contributed by atoms with van der Waals surface area (Å²) in [7, 11) is 0. The molecule has 1 amide bonds. The predicted molar refractivity (Wildman–Crippen MR) is 83.3 cm³/mol. The number of aryl methyl sites for hydroxylation is 1. The summed E-state index contributed by atoms with van der Waals surface area (Å²) in [4.78, 5) is 14.8. The molecule has 0 aliphatic heterocycles. The average molecular weight is 322 g/mol. The van der Waals surface area contributed by atoms with Gasteiger partial charge in [0.05, 0.1) is 6.33 Å². The van der Waals surface area contributed by atoms with Gasteiger partial charge in [-0.1, -0.05) is 13.3 Å². The van der Waals surface area contributed by atoms with E-state index in [2.05, 4.69) is 17.2 Å². The fraction of sp³-hybridized carbons (Fsp3) is 0.375.